The normalized spacial score (nSPS) is 14.0. The van der Waals surface area contributed by atoms with Gasteiger partial charge in [-0.2, -0.15) is 0 Å². The maximum atomic E-state index is 12.1. The zero-order valence-corrected chi connectivity index (χ0v) is 14.8. The van der Waals surface area contributed by atoms with Gasteiger partial charge in [-0.15, -0.1) is 12.4 Å². The molecule has 0 saturated heterocycles. The summed E-state index contributed by atoms with van der Waals surface area (Å²) in [4.78, 5) is 12.1. The van der Waals surface area contributed by atoms with E-state index in [1.165, 1.54) is 16.7 Å². The topological polar surface area (TPSA) is 55.1 Å². The van der Waals surface area contributed by atoms with Crippen LogP contribution in [0, 0.1) is 19.3 Å². The van der Waals surface area contributed by atoms with Crippen molar-refractivity contribution in [1.29, 1.82) is 0 Å². The Morgan fingerprint density at radius 2 is 1.67 bits per heavy atom. The second-order valence-corrected chi connectivity index (χ2v) is 6.95. The third-order valence-corrected chi connectivity index (χ3v) is 3.43. The number of rotatable bonds is 4. The maximum absolute atomic E-state index is 12.1. The van der Waals surface area contributed by atoms with Gasteiger partial charge in [-0.25, -0.2) is 0 Å². The molecule has 0 aliphatic carbocycles. The molecular weight excluding hydrogens is 284 g/mol. The van der Waals surface area contributed by atoms with E-state index in [0.29, 0.717) is 0 Å². The van der Waals surface area contributed by atoms with Crippen LogP contribution in [0.15, 0.2) is 18.2 Å². The Bertz CT molecular complexity index is 460. The van der Waals surface area contributed by atoms with Crippen molar-refractivity contribution in [2.24, 2.45) is 11.1 Å². The number of halogens is 1. The summed E-state index contributed by atoms with van der Waals surface area (Å²) < 4.78 is 0. The van der Waals surface area contributed by atoms with Gasteiger partial charge in [-0.3, -0.25) is 4.79 Å². The van der Waals surface area contributed by atoms with Crippen molar-refractivity contribution in [3.8, 4) is 0 Å². The van der Waals surface area contributed by atoms with Crippen LogP contribution >= 0.6 is 12.4 Å². The minimum absolute atomic E-state index is 0. The van der Waals surface area contributed by atoms with Crippen molar-refractivity contribution < 1.29 is 4.79 Å². The first kappa shape index (κ1) is 19.9. The van der Waals surface area contributed by atoms with Gasteiger partial charge >= 0.3 is 0 Å². The average Bonchev–Trinajstić information content (AvgIpc) is 2.24. The van der Waals surface area contributed by atoms with Crippen molar-refractivity contribution in [1.82, 2.24) is 5.32 Å². The Labute approximate surface area is 135 Å². The number of aryl methyl sites for hydroxylation is 2. The lowest BCUT2D eigenvalue weighted by molar-refractivity contribution is -0.125. The fraction of sp³-hybridized carbons (Fsp3) is 0.588. The summed E-state index contributed by atoms with van der Waals surface area (Å²) in [6, 6.07) is 6.09. The second-order valence-electron chi connectivity index (χ2n) is 6.95. The Morgan fingerprint density at radius 1 is 1.19 bits per heavy atom. The number of benzene rings is 1. The highest BCUT2D eigenvalue weighted by Gasteiger charge is 2.28. The first-order valence-electron chi connectivity index (χ1n) is 7.22. The van der Waals surface area contributed by atoms with Gasteiger partial charge in [-0.1, -0.05) is 50.1 Å². The zero-order valence-electron chi connectivity index (χ0n) is 14.0. The summed E-state index contributed by atoms with van der Waals surface area (Å²) in [5, 5.41) is 3.01. The number of nitrogens with one attached hydrogen (secondary N) is 1. The summed E-state index contributed by atoms with van der Waals surface area (Å²) in [6.45, 7) is 12.1. The van der Waals surface area contributed by atoms with Crippen LogP contribution in [0.5, 0.6) is 0 Å². The summed E-state index contributed by atoms with van der Waals surface area (Å²) in [5.74, 6) is -0.0747. The van der Waals surface area contributed by atoms with E-state index in [9.17, 15) is 4.79 Å². The van der Waals surface area contributed by atoms with E-state index in [1.54, 1.807) is 0 Å². The number of carbonyl (C=O) groups excluding carboxylic acids is 1. The highest BCUT2D eigenvalue weighted by atomic mass is 35.5. The van der Waals surface area contributed by atoms with Crippen LogP contribution in [0.1, 0.15) is 44.4 Å². The van der Waals surface area contributed by atoms with Crippen LogP contribution in [0.25, 0.3) is 0 Å². The molecule has 21 heavy (non-hydrogen) atoms. The minimum Gasteiger partial charge on any atom is -0.352 e. The SMILES string of the molecule is Cc1cc(C)cc(CC(C)NC(=O)[C@@H](N)C(C)(C)C)c1.Cl. The van der Waals surface area contributed by atoms with E-state index < -0.39 is 6.04 Å². The minimum atomic E-state index is -0.482. The fourth-order valence-corrected chi connectivity index (χ4v) is 2.32. The Kier molecular flexibility index (Phi) is 7.41. The Balaban J connectivity index is 0.00000400. The smallest absolute Gasteiger partial charge is 0.237 e. The van der Waals surface area contributed by atoms with E-state index in [4.69, 9.17) is 5.73 Å². The Morgan fingerprint density at radius 3 is 2.10 bits per heavy atom. The molecule has 1 amide bonds. The molecule has 4 heteroatoms. The van der Waals surface area contributed by atoms with Gasteiger partial charge in [0.25, 0.3) is 0 Å². The molecule has 0 spiro atoms. The molecule has 0 aliphatic heterocycles. The summed E-state index contributed by atoms with van der Waals surface area (Å²) in [7, 11) is 0. The van der Waals surface area contributed by atoms with Crippen LogP contribution in [-0.2, 0) is 11.2 Å². The molecule has 120 valence electrons. The summed E-state index contributed by atoms with van der Waals surface area (Å²) >= 11 is 0. The van der Waals surface area contributed by atoms with Gasteiger partial charge < -0.3 is 11.1 Å². The summed E-state index contributed by atoms with van der Waals surface area (Å²) in [6.07, 6.45) is 0.825. The van der Waals surface area contributed by atoms with Crippen LogP contribution in [-0.4, -0.2) is 18.0 Å². The fourth-order valence-electron chi connectivity index (χ4n) is 2.32. The molecule has 1 unspecified atom stereocenters. The number of hydrogen-bond donors (Lipinski definition) is 2. The van der Waals surface area contributed by atoms with E-state index >= 15 is 0 Å². The first-order valence-corrected chi connectivity index (χ1v) is 7.22. The van der Waals surface area contributed by atoms with Gasteiger partial charge in [0.05, 0.1) is 6.04 Å². The average molecular weight is 313 g/mol. The van der Waals surface area contributed by atoms with Crippen molar-refractivity contribution >= 4 is 18.3 Å². The molecule has 3 N–H and O–H groups in total. The Hall–Kier alpha value is -1.06. The molecule has 0 aromatic heterocycles. The molecule has 2 atom stereocenters. The molecule has 3 nitrogen and oxygen atoms in total. The van der Waals surface area contributed by atoms with Crippen LogP contribution in [0.3, 0.4) is 0 Å². The molecule has 1 rings (SSSR count). The molecular formula is C17H29ClN2O. The van der Waals surface area contributed by atoms with Crippen molar-refractivity contribution in [3.63, 3.8) is 0 Å². The van der Waals surface area contributed by atoms with Gasteiger partial charge in [-0.05, 0) is 38.2 Å². The molecule has 0 fully saturated rings. The lowest BCUT2D eigenvalue weighted by Gasteiger charge is -2.27. The number of hydrogen-bond acceptors (Lipinski definition) is 2. The standard InChI is InChI=1S/C17H28N2O.ClH/c1-11-7-12(2)9-14(8-11)10-13(3)19-16(20)15(18)17(4,5)6;/h7-9,13,15H,10,18H2,1-6H3,(H,19,20);1H/t13?,15-;/m1./s1. The van der Waals surface area contributed by atoms with Crippen molar-refractivity contribution in [3.05, 3.63) is 34.9 Å². The number of nitrogens with two attached hydrogens (primary N) is 1. The molecule has 0 aliphatic rings. The summed E-state index contributed by atoms with van der Waals surface area (Å²) in [5.41, 5.74) is 9.51. The predicted molar refractivity (Wildman–Crippen MR) is 91.9 cm³/mol. The molecule has 0 heterocycles. The van der Waals surface area contributed by atoms with Crippen LogP contribution in [0.2, 0.25) is 0 Å². The molecule has 0 saturated carbocycles. The quantitative estimate of drug-likeness (QED) is 0.897. The van der Waals surface area contributed by atoms with E-state index in [-0.39, 0.29) is 29.8 Å². The molecule has 1 aromatic carbocycles. The number of carbonyl (C=O) groups is 1. The van der Waals surface area contributed by atoms with Gasteiger partial charge in [0.2, 0.25) is 5.91 Å². The van der Waals surface area contributed by atoms with E-state index in [1.807, 2.05) is 27.7 Å². The van der Waals surface area contributed by atoms with Gasteiger partial charge in [0.15, 0.2) is 0 Å². The third-order valence-electron chi connectivity index (χ3n) is 3.43. The predicted octanol–water partition coefficient (Wildman–Crippen LogP) is 3.15. The lowest BCUT2D eigenvalue weighted by Crippen LogP contribution is -2.51. The monoisotopic (exact) mass is 312 g/mol. The number of amides is 1. The molecule has 0 radical (unpaired) electrons. The molecule has 1 aromatic rings. The highest BCUT2D eigenvalue weighted by Crippen LogP contribution is 2.17. The van der Waals surface area contributed by atoms with Gasteiger partial charge in [0, 0.05) is 6.04 Å². The van der Waals surface area contributed by atoms with E-state index in [0.717, 1.165) is 6.42 Å². The van der Waals surface area contributed by atoms with E-state index in [2.05, 4.69) is 37.4 Å². The molecule has 0 bridgehead atoms. The largest absolute Gasteiger partial charge is 0.352 e. The highest BCUT2D eigenvalue weighted by molar-refractivity contribution is 5.85. The first-order chi connectivity index (χ1) is 9.09. The third kappa shape index (κ3) is 6.49. The second kappa shape index (κ2) is 7.81. The van der Waals surface area contributed by atoms with Gasteiger partial charge in [0.1, 0.15) is 0 Å². The van der Waals surface area contributed by atoms with Crippen LogP contribution < -0.4 is 11.1 Å². The maximum Gasteiger partial charge on any atom is 0.237 e. The zero-order chi connectivity index (χ0) is 15.5. The lowest BCUT2D eigenvalue weighted by atomic mass is 9.86. The van der Waals surface area contributed by atoms with Crippen LogP contribution in [0.4, 0.5) is 0 Å². The van der Waals surface area contributed by atoms with Crippen molar-refractivity contribution in [2.75, 3.05) is 0 Å². The van der Waals surface area contributed by atoms with Crippen molar-refractivity contribution in [2.45, 2.75) is 60.0 Å².